The van der Waals surface area contributed by atoms with Crippen LogP contribution in [0.25, 0.3) is 0 Å². The van der Waals surface area contributed by atoms with Gasteiger partial charge in [0.05, 0.1) is 12.0 Å². The maximum Gasteiger partial charge on any atom is 0.328 e. The maximum absolute atomic E-state index is 12.4. The van der Waals surface area contributed by atoms with E-state index >= 15 is 0 Å². The molecule has 0 heterocycles. The highest BCUT2D eigenvalue weighted by Crippen LogP contribution is 2.24. The lowest BCUT2D eigenvalue weighted by Gasteiger charge is -2.24. The van der Waals surface area contributed by atoms with E-state index in [9.17, 15) is 19.7 Å². The molecule has 130 valence electrons. The third-order valence-corrected chi connectivity index (χ3v) is 4.37. The number of non-ortho nitro benzene ring substituents is 1. The van der Waals surface area contributed by atoms with Crippen LogP contribution in [0.15, 0.2) is 24.3 Å². The fourth-order valence-corrected chi connectivity index (χ4v) is 2.98. The SMILES string of the molecule is COC(=O)[C@@H](Cc1ccc([N+](=O)[O-])cc1)NC(=O)C1CCCCC1. The van der Waals surface area contributed by atoms with Gasteiger partial charge in [0.15, 0.2) is 0 Å². The summed E-state index contributed by atoms with van der Waals surface area (Å²) in [4.78, 5) is 34.5. The van der Waals surface area contributed by atoms with Gasteiger partial charge < -0.3 is 10.1 Å². The zero-order valence-electron chi connectivity index (χ0n) is 13.7. The lowest BCUT2D eigenvalue weighted by atomic mass is 9.88. The van der Waals surface area contributed by atoms with Crippen LogP contribution in [-0.4, -0.2) is 30.0 Å². The molecule has 1 N–H and O–H groups in total. The fraction of sp³-hybridized carbons (Fsp3) is 0.529. The molecule has 0 unspecified atom stereocenters. The maximum atomic E-state index is 12.4. The van der Waals surface area contributed by atoms with Gasteiger partial charge >= 0.3 is 5.97 Å². The summed E-state index contributed by atoms with van der Waals surface area (Å²) in [5.74, 6) is -0.688. The minimum atomic E-state index is -0.786. The lowest BCUT2D eigenvalue weighted by Crippen LogP contribution is -2.45. The molecule has 1 aliphatic carbocycles. The molecular weight excluding hydrogens is 312 g/mol. The van der Waals surface area contributed by atoms with E-state index < -0.39 is 16.9 Å². The van der Waals surface area contributed by atoms with Gasteiger partial charge in [0.25, 0.3) is 5.69 Å². The van der Waals surface area contributed by atoms with Crippen molar-refractivity contribution in [1.29, 1.82) is 0 Å². The van der Waals surface area contributed by atoms with Crippen molar-refractivity contribution >= 4 is 17.6 Å². The number of amides is 1. The molecule has 0 aromatic heterocycles. The van der Waals surface area contributed by atoms with Crippen LogP contribution in [0, 0.1) is 16.0 Å². The number of nitrogens with one attached hydrogen (secondary N) is 1. The molecule has 1 saturated carbocycles. The van der Waals surface area contributed by atoms with Gasteiger partial charge in [-0.05, 0) is 18.4 Å². The van der Waals surface area contributed by atoms with E-state index in [1.165, 1.54) is 19.2 Å². The van der Waals surface area contributed by atoms with Crippen molar-refractivity contribution in [3.05, 3.63) is 39.9 Å². The summed E-state index contributed by atoms with van der Waals surface area (Å²) >= 11 is 0. The number of carbonyl (C=O) groups excluding carboxylic acids is 2. The highest BCUT2D eigenvalue weighted by Gasteiger charge is 2.27. The number of carbonyl (C=O) groups is 2. The molecule has 0 bridgehead atoms. The Morgan fingerprint density at radius 1 is 1.25 bits per heavy atom. The van der Waals surface area contributed by atoms with Gasteiger partial charge in [0, 0.05) is 24.5 Å². The van der Waals surface area contributed by atoms with E-state index in [1.807, 2.05) is 0 Å². The van der Waals surface area contributed by atoms with Crippen LogP contribution < -0.4 is 5.32 Å². The van der Waals surface area contributed by atoms with Crippen LogP contribution >= 0.6 is 0 Å². The number of ether oxygens (including phenoxy) is 1. The summed E-state index contributed by atoms with van der Waals surface area (Å²) in [6.45, 7) is 0. The number of nitro groups is 1. The number of esters is 1. The summed E-state index contributed by atoms with van der Waals surface area (Å²) in [6.07, 6.45) is 5.14. The quantitative estimate of drug-likeness (QED) is 0.489. The molecule has 1 fully saturated rings. The first-order chi connectivity index (χ1) is 11.5. The first-order valence-electron chi connectivity index (χ1n) is 8.13. The Balaban J connectivity index is 2.03. The number of hydrogen-bond donors (Lipinski definition) is 1. The van der Waals surface area contributed by atoms with Crippen LogP contribution in [0.3, 0.4) is 0 Å². The molecule has 1 aliphatic rings. The zero-order valence-corrected chi connectivity index (χ0v) is 13.7. The third-order valence-electron chi connectivity index (χ3n) is 4.37. The average Bonchev–Trinajstić information content (AvgIpc) is 2.61. The number of nitrogens with zero attached hydrogens (tertiary/aromatic N) is 1. The summed E-state index contributed by atoms with van der Waals surface area (Å²) < 4.78 is 4.77. The zero-order chi connectivity index (χ0) is 17.5. The van der Waals surface area contributed by atoms with Crippen molar-refractivity contribution in [3.8, 4) is 0 Å². The van der Waals surface area contributed by atoms with Crippen molar-refractivity contribution in [1.82, 2.24) is 5.32 Å². The summed E-state index contributed by atoms with van der Waals surface area (Å²) in [5, 5.41) is 13.5. The minimum Gasteiger partial charge on any atom is -0.467 e. The van der Waals surface area contributed by atoms with Crippen molar-refractivity contribution < 1.29 is 19.2 Å². The van der Waals surface area contributed by atoms with Crippen LogP contribution in [0.4, 0.5) is 5.69 Å². The Morgan fingerprint density at radius 2 is 1.88 bits per heavy atom. The second-order valence-electron chi connectivity index (χ2n) is 6.05. The average molecular weight is 334 g/mol. The highest BCUT2D eigenvalue weighted by molar-refractivity contribution is 5.86. The first kappa shape index (κ1) is 17.9. The molecule has 0 saturated heterocycles. The molecule has 1 aromatic carbocycles. The minimum absolute atomic E-state index is 0.0143. The number of methoxy groups -OCH3 is 1. The molecular formula is C17H22N2O5. The van der Waals surface area contributed by atoms with Gasteiger partial charge in [-0.15, -0.1) is 0 Å². The van der Waals surface area contributed by atoms with Crippen molar-refractivity contribution in [2.24, 2.45) is 5.92 Å². The Labute approximate surface area is 140 Å². The lowest BCUT2D eigenvalue weighted by molar-refractivity contribution is -0.384. The number of nitro benzene ring substituents is 1. The summed E-state index contributed by atoms with van der Waals surface area (Å²) in [5.41, 5.74) is 0.708. The van der Waals surface area contributed by atoms with Gasteiger partial charge in [-0.1, -0.05) is 31.4 Å². The Morgan fingerprint density at radius 3 is 2.42 bits per heavy atom. The summed E-state index contributed by atoms with van der Waals surface area (Å²) in [7, 11) is 1.28. The first-order valence-corrected chi connectivity index (χ1v) is 8.13. The van der Waals surface area contributed by atoms with E-state index in [2.05, 4.69) is 5.32 Å². The molecule has 0 spiro atoms. The molecule has 7 nitrogen and oxygen atoms in total. The van der Waals surface area contributed by atoms with E-state index in [0.717, 1.165) is 37.7 Å². The monoisotopic (exact) mass is 334 g/mol. The van der Waals surface area contributed by atoms with Gasteiger partial charge in [0.2, 0.25) is 5.91 Å². The smallest absolute Gasteiger partial charge is 0.328 e. The molecule has 0 radical (unpaired) electrons. The fourth-order valence-electron chi connectivity index (χ4n) is 2.98. The number of benzene rings is 1. The number of rotatable bonds is 6. The van der Waals surface area contributed by atoms with Crippen molar-refractivity contribution in [3.63, 3.8) is 0 Å². The molecule has 24 heavy (non-hydrogen) atoms. The van der Waals surface area contributed by atoms with E-state index in [4.69, 9.17) is 4.74 Å². The molecule has 1 atom stereocenters. The molecule has 1 aromatic rings. The third kappa shape index (κ3) is 4.78. The topological polar surface area (TPSA) is 98.5 Å². The van der Waals surface area contributed by atoms with Crippen LogP contribution in [0.2, 0.25) is 0 Å². The highest BCUT2D eigenvalue weighted by atomic mass is 16.6. The van der Waals surface area contributed by atoms with E-state index in [0.29, 0.717) is 0 Å². The van der Waals surface area contributed by atoms with Crippen molar-refractivity contribution in [2.45, 2.75) is 44.6 Å². The van der Waals surface area contributed by atoms with E-state index in [1.54, 1.807) is 12.1 Å². The largest absolute Gasteiger partial charge is 0.467 e. The molecule has 1 amide bonds. The van der Waals surface area contributed by atoms with Gasteiger partial charge in [-0.25, -0.2) is 4.79 Å². The molecule has 0 aliphatic heterocycles. The summed E-state index contributed by atoms with van der Waals surface area (Å²) in [6, 6.07) is 5.15. The van der Waals surface area contributed by atoms with Gasteiger partial charge in [-0.3, -0.25) is 14.9 Å². The van der Waals surface area contributed by atoms with Crippen LogP contribution in [0.1, 0.15) is 37.7 Å². The predicted molar refractivity (Wildman–Crippen MR) is 87.3 cm³/mol. The second-order valence-corrected chi connectivity index (χ2v) is 6.05. The molecule has 2 rings (SSSR count). The van der Waals surface area contributed by atoms with Crippen LogP contribution in [0.5, 0.6) is 0 Å². The van der Waals surface area contributed by atoms with Gasteiger partial charge in [0.1, 0.15) is 6.04 Å². The Bertz CT molecular complexity index is 594. The standard InChI is InChI=1S/C17H22N2O5/c1-24-17(21)15(18-16(20)13-5-3-2-4-6-13)11-12-7-9-14(10-8-12)19(22)23/h7-10,13,15H,2-6,11H2,1H3,(H,18,20)/t15-/m1/s1. The normalized spacial score (nSPS) is 16.2. The Hall–Kier alpha value is -2.44. The molecule has 7 heteroatoms. The van der Waals surface area contributed by atoms with E-state index in [-0.39, 0.29) is 23.9 Å². The van der Waals surface area contributed by atoms with Gasteiger partial charge in [-0.2, -0.15) is 0 Å². The second kappa shape index (κ2) is 8.42. The number of hydrogen-bond acceptors (Lipinski definition) is 5. The van der Waals surface area contributed by atoms with Crippen LogP contribution in [-0.2, 0) is 20.7 Å². The predicted octanol–water partition coefficient (Wildman–Crippen LogP) is 2.38. The Kier molecular flexibility index (Phi) is 6.28. The van der Waals surface area contributed by atoms with Crippen molar-refractivity contribution in [2.75, 3.05) is 7.11 Å².